The fourth-order valence-corrected chi connectivity index (χ4v) is 6.42. The molecule has 4 atom stereocenters. The van der Waals surface area contributed by atoms with Gasteiger partial charge in [0.25, 0.3) is 0 Å². The van der Waals surface area contributed by atoms with Crippen molar-refractivity contribution in [3.05, 3.63) is 47.9 Å². The van der Waals surface area contributed by atoms with Crippen LogP contribution in [0.4, 0.5) is 5.95 Å². The molecule has 1 saturated heterocycles. The first kappa shape index (κ1) is 35.8. The Bertz CT molecular complexity index is 1390. The van der Waals surface area contributed by atoms with Crippen LogP contribution in [-0.4, -0.2) is 89.4 Å². The van der Waals surface area contributed by atoms with Gasteiger partial charge in [0.1, 0.15) is 17.9 Å². The molecule has 2 heterocycles. The number of morpholine rings is 1. The monoisotopic (exact) mass is 646 g/mol. The lowest BCUT2D eigenvalue weighted by molar-refractivity contribution is -0.0857. The van der Waals surface area contributed by atoms with Gasteiger partial charge in [-0.3, -0.25) is 15.3 Å². The van der Waals surface area contributed by atoms with Crippen molar-refractivity contribution < 1.29 is 19.3 Å². The first-order chi connectivity index (χ1) is 22.7. The van der Waals surface area contributed by atoms with Gasteiger partial charge in [0.15, 0.2) is 0 Å². The number of anilines is 1. The zero-order valence-corrected chi connectivity index (χ0v) is 28.1. The van der Waals surface area contributed by atoms with Crippen molar-refractivity contribution in [1.82, 2.24) is 14.9 Å². The molecule has 1 aromatic carbocycles. The predicted octanol–water partition coefficient (Wildman–Crippen LogP) is 4.75. The molecular weight excluding hydrogens is 596 g/mol. The van der Waals surface area contributed by atoms with Crippen molar-refractivity contribution in [3.8, 4) is 22.9 Å². The van der Waals surface area contributed by atoms with Crippen molar-refractivity contribution >= 4 is 18.2 Å². The molecule has 47 heavy (non-hydrogen) atoms. The lowest BCUT2D eigenvalue weighted by Gasteiger charge is -2.43. The van der Waals surface area contributed by atoms with Gasteiger partial charge in [-0.1, -0.05) is 19.1 Å². The number of allylic oxidation sites excluding steroid dienone is 1. The SMILES string of the molecule is CC1CN(C2CCC(C(C)/C=C(/Nc3ncc(-c4ccc(C#N)c(O[C@@H](C)CN=CN)c4)cn3)C(=N)OCCCO)CC2)C[C@H](C)O1. The van der Waals surface area contributed by atoms with Gasteiger partial charge in [-0.05, 0) is 76.0 Å². The number of benzene rings is 1. The number of hydrogen-bond donors (Lipinski definition) is 4. The minimum absolute atomic E-state index is 0.00663. The zero-order chi connectivity index (χ0) is 33.8. The molecule has 2 aliphatic rings. The Morgan fingerprint density at radius 1 is 1.19 bits per heavy atom. The zero-order valence-electron chi connectivity index (χ0n) is 28.1. The summed E-state index contributed by atoms with van der Waals surface area (Å²) in [5, 5.41) is 30.6. The number of nitriles is 1. The first-order valence-corrected chi connectivity index (χ1v) is 16.6. The largest absolute Gasteiger partial charge is 0.487 e. The summed E-state index contributed by atoms with van der Waals surface area (Å²) < 4.78 is 17.6. The summed E-state index contributed by atoms with van der Waals surface area (Å²) >= 11 is 0. The van der Waals surface area contributed by atoms with Crippen LogP contribution in [-0.2, 0) is 9.47 Å². The van der Waals surface area contributed by atoms with Crippen LogP contribution < -0.4 is 15.8 Å². The number of aromatic nitrogens is 2. The predicted molar refractivity (Wildman–Crippen MR) is 183 cm³/mol. The Kier molecular flexibility index (Phi) is 13.5. The Labute approximate surface area is 278 Å². The third kappa shape index (κ3) is 10.5. The summed E-state index contributed by atoms with van der Waals surface area (Å²) in [6.45, 7) is 11.0. The number of aliphatic imine (C=N–C) groups is 1. The van der Waals surface area contributed by atoms with E-state index in [1.165, 1.54) is 6.34 Å². The van der Waals surface area contributed by atoms with E-state index in [0.29, 0.717) is 47.9 Å². The fourth-order valence-electron chi connectivity index (χ4n) is 6.42. The number of rotatable bonds is 14. The van der Waals surface area contributed by atoms with E-state index in [2.05, 4.69) is 58.1 Å². The number of aliphatic hydroxyl groups is 1. The number of ether oxygens (including phenoxy) is 3. The number of hydrogen-bond acceptors (Lipinski definition) is 11. The molecule has 1 saturated carbocycles. The van der Waals surface area contributed by atoms with Crippen LogP contribution in [0, 0.1) is 28.6 Å². The van der Waals surface area contributed by atoms with Crippen LogP contribution in [0.3, 0.4) is 0 Å². The van der Waals surface area contributed by atoms with Gasteiger partial charge >= 0.3 is 0 Å². The van der Waals surface area contributed by atoms with Gasteiger partial charge in [-0.25, -0.2) is 9.97 Å². The second-order valence-electron chi connectivity index (χ2n) is 12.7. The van der Waals surface area contributed by atoms with E-state index in [1.54, 1.807) is 24.5 Å². The molecule has 1 aliphatic heterocycles. The lowest BCUT2D eigenvalue weighted by atomic mass is 9.78. The molecule has 12 heteroatoms. The molecule has 1 aromatic heterocycles. The van der Waals surface area contributed by atoms with Gasteiger partial charge in [0, 0.05) is 50.1 Å². The summed E-state index contributed by atoms with van der Waals surface area (Å²) in [5.41, 5.74) is 7.81. The average Bonchev–Trinajstić information content (AvgIpc) is 3.07. The third-order valence-electron chi connectivity index (χ3n) is 8.80. The van der Waals surface area contributed by atoms with Gasteiger partial charge in [0.2, 0.25) is 11.8 Å². The molecule has 2 unspecified atom stereocenters. The molecule has 5 N–H and O–H groups in total. The van der Waals surface area contributed by atoms with E-state index in [9.17, 15) is 10.4 Å². The Morgan fingerprint density at radius 3 is 2.53 bits per heavy atom. The van der Waals surface area contributed by atoms with Crippen molar-refractivity contribution in [3.63, 3.8) is 0 Å². The van der Waals surface area contributed by atoms with Crippen LogP contribution in [0.25, 0.3) is 11.1 Å². The summed E-state index contributed by atoms with van der Waals surface area (Å²) in [7, 11) is 0. The maximum Gasteiger partial charge on any atom is 0.229 e. The quantitative estimate of drug-likeness (QED) is 0.127. The molecule has 0 radical (unpaired) electrons. The van der Waals surface area contributed by atoms with Crippen LogP contribution in [0.5, 0.6) is 5.75 Å². The minimum atomic E-state index is -0.269. The van der Waals surface area contributed by atoms with Crippen molar-refractivity contribution in [2.75, 3.05) is 38.2 Å². The lowest BCUT2D eigenvalue weighted by Crippen LogP contribution is -2.51. The van der Waals surface area contributed by atoms with Gasteiger partial charge < -0.3 is 30.4 Å². The molecule has 2 fully saturated rings. The number of nitrogens with zero attached hydrogens (tertiary/aromatic N) is 5. The highest BCUT2D eigenvalue weighted by atomic mass is 16.5. The van der Waals surface area contributed by atoms with E-state index in [1.807, 2.05) is 13.0 Å². The summed E-state index contributed by atoms with van der Waals surface area (Å²) in [6, 6.07) is 8.08. The standard InChI is InChI=1S/C35H50N8O4/c1-23(27-8-10-31(11-9-27)43-20-25(3)46-26(4)21-43)14-32(34(38)45-13-5-12-44)42-35-40-18-30(19-41-35)28-6-7-29(16-36)33(15-28)47-24(2)17-39-22-37/h6-7,14-15,18-19,22-27,31,38,44H,5,8-13,17,20-21H2,1-4H3,(H2,37,39)(H,40,41,42)/b32-14+,38-34?/t23?,24-,25-,26?,27?,31?/m0/s1. The van der Waals surface area contributed by atoms with Crippen LogP contribution >= 0.6 is 0 Å². The highest BCUT2D eigenvalue weighted by Crippen LogP contribution is 2.35. The van der Waals surface area contributed by atoms with Crippen molar-refractivity contribution in [2.24, 2.45) is 22.6 Å². The molecule has 0 bridgehead atoms. The third-order valence-corrected chi connectivity index (χ3v) is 8.80. The van der Waals surface area contributed by atoms with E-state index >= 15 is 0 Å². The van der Waals surface area contributed by atoms with E-state index in [0.717, 1.165) is 49.9 Å². The highest BCUT2D eigenvalue weighted by molar-refractivity contribution is 5.93. The van der Waals surface area contributed by atoms with E-state index in [-0.39, 0.29) is 43.3 Å². The molecule has 0 amide bonds. The molecule has 2 aromatic rings. The first-order valence-electron chi connectivity index (χ1n) is 16.6. The van der Waals surface area contributed by atoms with Gasteiger partial charge in [-0.2, -0.15) is 5.26 Å². The Balaban J connectivity index is 1.45. The minimum Gasteiger partial charge on any atom is -0.487 e. The topological polar surface area (TPSA) is 175 Å². The second kappa shape index (κ2) is 17.8. The maximum absolute atomic E-state index is 9.57. The fraction of sp³-hybridized carbons (Fsp3) is 0.571. The smallest absolute Gasteiger partial charge is 0.229 e. The molecule has 254 valence electrons. The average molecular weight is 647 g/mol. The molecule has 4 rings (SSSR count). The van der Waals surface area contributed by atoms with Crippen molar-refractivity contribution in [2.45, 2.75) is 84.2 Å². The normalized spacial score (nSPS) is 23.5. The number of nitrogens with two attached hydrogens (primary N) is 1. The second-order valence-corrected chi connectivity index (χ2v) is 12.7. The molecule has 12 nitrogen and oxygen atoms in total. The van der Waals surface area contributed by atoms with Crippen LogP contribution in [0.2, 0.25) is 0 Å². The maximum atomic E-state index is 9.57. The van der Waals surface area contributed by atoms with Gasteiger partial charge in [0.05, 0.1) is 43.0 Å². The van der Waals surface area contributed by atoms with Crippen molar-refractivity contribution in [1.29, 1.82) is 10.7 Å². The van der Waals surface area contributed by atoms with E-state index < -0.39 is 0 Å². The summed E-state index contributed by atoms with van der Waals surface area (Å²) in [5.74, 6) is 1.47. The summed E-state index contributed by atoms with van der Waals surface area (Å²) in [4.78, 5) is 15.7. The van der Waals surface area contributed by atoms with Crippen LogP contribution in [0.1, 0.15) is 65.4 Å². The Morgan fingerprint density at radius 2 is 1.89 bits per heavy atom. The number of nitrogens with one attached hydrogen (secondary N) is 2. The Hall–Kier alpha value is -4.05. The number of aliphatic hydroxyl groups excluding tert-OH is 1. The highest BCUT2D eigenvalue weighted by Gasteiger charge is 2.32. The van der Waals surface area contributed by atoms with Crippen LogP contribution in [0.15, 0.2) is 47.4 Å². The van der Waals surface area contributed by atoms with Gasteiger partial charge in [-0.15, -0.1) is 0 Å². The van der Waals surface area contributed by atoms with E-state index in [4.69, 9.17) is 25.4 Å². The molecule has 0 spiro atoms. The molecule has 1 aliphatic carbocycles. The molecular formula is C35H50N8O4. The summed E-state index contributed by atoms with van der Waals surface area (Å²) in [6.07, 6.45) is 11.9.